The lowest BCUT2D eigenvalue weighted by Crippen LogP contribution is -2.13. The highest BCUT2D eigenvalue weighted by atomic mass is 16.5. The van der Waals surface area contributed by atoms with Crippen LogP contribution in [0.15, 0.2) is 35.6 Å². The second-order valence-corrected chi connectivity index (χ2v) is 5.92. The van der Waals surface area contributed by atoms with Crippen molar-refractivity contribution < 1.29 is 9.47 Å². The van der Waals surface area contributed by atoms with Gasteiger partial charge < -0.3 is 14.5 Å². The summed E-state index contributed by atoms with van der Waals surface area (Å²) in [5.74, 6) is 1.30. The molecule has 0 radical (unpaired) electrons. The summed E-state index contributed by atoms with van der Waals surface area (Å²) in [6, 6.07) is 7.57. The van der Waals surface area contributed by atoms with E-state index in [9.17, 15) is 10.1 Å². The van der Waals surface area contributed by atoms with E-state index >= 15 is 0 Å². The van der Waals surface area contributed by atoms with Crippen LogP contribution < -0.4 is 15.0 Å². The molecule has 136 valence electrons. The topological polar surface area (TPSA) is 75.1 Å². The Morgan fingerprint density at radius 1 is 1.27 bits per heavy atom. The third-order valence-electron chi connectivity index (χ3n) is 3.84. The van der Waals surface area contributed by atoms with Crippen LogP contribution in [0.5, 0.6) is 11.5 Å². The van der Waals surface area contributed by atoms with E-state index in [4.69, 9.17) is 9.47 Å². The molecule has 1 aromatic carbocycles. The van der Waals surface area contributed by atoms with Crippen molar-refractivity contribution in [3.63, 3.8) is 0 Å². The largest absolute Gasteiger partial charge is 0.490 e. The van der Waals surface area contributed by atoms with Crippen molar-refractivity contribution in [2.24, 2.45) is 0 Å². The molecule has 0 saturated heterocycles. The van der Waals surface area contributed by atoms with Crippen LogP contribution in [-0.4, -0.2) is 18.2 Å². The number of allylic oxidation sites excluding steroid dienone is 1. The maximum Gasteiger partial charge on any atom is 0.266 e. The molecule has 0 atom stereocenters. The number of nitrogens with zero attached hydrogens (tertiary/aromatic N) is 1. The summed E-state index contributed by atoms with van der Waals surface area (Å²) in [5, 5.41) is 9.43. The Morgan fingerprint density at radius 2 is 2.04 bits per heavy atom. The molecule has 2 aromatic rings. The number of ether oxygens (including phenoxy) is 2. The van der Waals surface area contributed by atoms with Gasteiger partial charge in [0.1, 0.15) is 11.6 Å². The van der Waals surface area contributed by atoms with Crippen molar-refractivity contribution >= 4 is 0 Å². The van der Waals surface area contributed by atoms with Crippen LogP contribution in [0.2, 0.25) is 0 Å². The lowest BCUT2D eigenvalue weighted by atomic mass is 9.97. The molecule has 0 aliphatic rings. The minimum atomic E-state index is -0.392. The average molecular weight is 352 g/mol. The molecule has 26 heavy (non-hydrogen) atoms. The number of benzene rings is 1. The quantitative estimate of drug-likeness (QED) is 0.725. The summed E-state index contributed by atoms with van der Waals surface area (Å²) < 4.78 is 11.7. The predicted molar refractivity (Wildman–Crippen MR) is 103 cm³/mol. The third-order valence-corrected chi connectivity index (χ3v) is 3.84. The Hall–Kier alpha value is -3.00. The first kappa shape index (κ1) is 19.3. The minimum absolute atomic E-state index is 0.0878. The Labute approximate surface area is 153 Å². The highest BCUT2D eigenvalue weighted by molar-refractivity contribution is 5.74. The smallest absolute Gasteiger partial charge is 0.266 e. The second kappa shape index (κ2) is 8.91. The normalized spacial score (nSPS) is 10.2. The average Bonchev–Trinajstić information content (AvgIpc) is 2.60. The maximum atomic E-state index is 12.1. The van der Waals surface area contributed by atoms with Gasteiger partial charge in [-0.1, -0.05) is 13.0 Å². The number of pyridine rings is 1. The van der Waals surface area contributed by atoms with Crippen molar-refractivity contribution in [2.45, 2.75) is 33.6 Å². The van der Waals surface area contributed by atoms with E-state index in [-0.39, 0.29) is 5.56 Å². The van der Waals surface area contributed by atoms with Gasteiger partial charge >= 0.3 is 0 Å². The number of aromatic amines is 1. The molecule has 0 aliphatic heterocycles. The molecule has 0 spiro atoms. The highest BCUT2D eigenvalue weighted by Crippen LogP contribution is 2.38. The summed E-state index contributed by atoms with van der Waals surface area (Å²) in [7, 11) is 0. The zero-order chi connectivity index (χ0) is 19.1. The molecule has 0 saturated carbocycles. The van der Waals surface area contributed by atoms with Crippen LogP contribution in [-0.2, 0) is 6.42 Å². The van der Waals surface area contributed by atoms with Gasteiger partial charge in [-0.2, -0.15) is 5.26 Å². The van der Waals surface area contributed by atoms with Gasteiger partial charge in [0.2, 0.25) is 0 Å². The van der Waals surface area contributed by atoms with Gasteiger partial charge in [0.25, 0.3) is 5.56 Å². The number of H-pyrrole nitrogens is 1. The molecule has 5 heteroatoms. The summed E-state index contributed by atoms with van der Waals surface area (Å²) in [6.07, 6.45) is 3.27. The SMILES string of the molecule is C=CCc1cc(-c2cc(C)[nH]c(=O)c2C#N)cc(OCC)c1OCCC. The number of nitrogens with one attached hydrogen (secondary N) is 1. The number of aryl methyl sites for hydroxylation is 1. The van der Waals surface area contributed by atoms with Crippen LogP contribution in [0, 0.1) is 18.3 Å². The van der Waals surface area contributed by atoms with E-state index in [1.807, 2.05) is 32.0 Å². The van der Waals surface area contributed by atoms with Crippen molar-refractivity contribution in [1.29, 1.82) is 5.26 Å². The van der Waals surface area contributed by atoms with Crippen molar-refractivity contribution in [2.75, 3.05) is 13.2 Å². The van der Waals surface area contributed by atoms with Gasteiger partial charge in [0.05, 0.1) is 13.2 Å². The summed E-state index contributed by atoms with van der Waals surface area (Å²) in [4.78, 5) is 14.8. The molecule has 2 rings (SSSR count). The monoisotopic (exact) mass is 352 g/mol. The Bertz CT molecular complexity index is 891. The van der Waals surface area contributed by atoms with Crippen molar-refractivity contribution in [3.8, 4) is 28.7 Å². The first-order chi connectivity index (χ1) is 12.5. The van der Waals surface area contributed by atoms with Gasteiger partial charge in [0, 0.05) is 16.8 Å². The Morgan fingerprint density at radius 3 is 2.65 bits per heavy atom. The number of hydrogen-bond donors (Lipinski definition) is 1. The molecular weight excluding hydrogens is 328 g/mol. The van der Waals surface area contributed by atoms with E-state index in [1.54, 1.807) is 19.1 Å². The molecule has 1 heterocycles. The van der Waals surface area contributed by atoms with Gasteiger partial charge in [-0.05, 0) is 50.5 Å². The first-order valence-electron chi connectivity index (χ1n) is 8.73. The highest BCUT2D eigenvalue weighted by Gasteiger charge is 2.17. The lowest BCUT2D eigenvalue weighted by molar-refractivity contribution is 0.275. The number of hydrogen-bond acceptors (Lipinski definition) is 4. The van der Waals surface area contributed by atoms with Crippen molar-refractivity contribution in [3.05, 3.63) is 58.0 Å². The minimum Gasteiger partial charge on any atom is -0.490 e. The fraction of sp³-hybridized carbons (Fsp3) is 0.333. The lowest BCUT2D eigenvalue weighted by Gasteiger charge is -2.18. The maximum absolute atomic E-state index is 12.1. The second-order valence-electron chi connectivity index (χ2n) is 5.92. The van der Waals surface area contributed by atoms with Gasteiger partial charge in [0.15, 0.2) is 11.5 Å². The van der Waals surface area contributed by atoms with Gasteiger partial charge in [-0.15, -0.1) is 6.58 Å². The Balaban J connectivity index is 2.73. The molecule has 0 fully saturated rings. The Kier molecular flexibility index (Phi) is 6.62. The standard InChI is InChI=1S/C21H24N2O3/c1-5-8-15-11-16(12-19(25-7-3)20(15)26-9-6-2)17-10-14(4)23-21(24)18(17)13-22/h5,10-12H,1,6-9H2,2-4H3,(H,23,24). The summed E-state index contributed by atoms with van der Waals surface area (Å²) in [5.41, 5.74) is 2.64. The molecule has 1 N–H and O–H groups in total. The zero-order valence-corrected chi connectivity index (χ0v) is 15.5. The molecule has 0 amide bonds. The predicted octanol–water partition coefficient (Wildman–Crippen LogP) is 4.14. The van der Waals surface area contributed by atoms with Crippen LogP contribution >= 0.6 is 0 Å². The molecule has 0 aliphatic carbocycles. The van der Waals surface area contributed by atoms with E-state index in [2.05, 4.69) is 11.6 Å². The number of rotatable bonds is 8. The van der Waals surface area contributed by atoms with E-state index in [0.29, 0.717) is 42.4 Å². The summed E-state index contributed by atoms with van der Waals surface area (Å²) in [6.45, 7) is 10.6. The van der Waals surface area contributed by atoms with Crippen LogP contribution in [0.3, 0.4) is 0 Å². The molecular formula is C21H24N2O3. The van der Waals surface area contributed by atoms with Crippen LogP contribution in [0.25, 0.3) is 11.1 Å². The first-order valence-corrected chi connectivity index (χ1v) is 8.73. The number of aromatic nitrogens is 1. The fourth-order valence-corrected chi connectivity index (χ4v) is 2.78. The zero-order valence-electron chi connectivity index (χ0n) is 15.5. The van der Waals surface area contributed by atoms with Crippen LogP contribution in [0.1, 0.15) is 37.1 Å². The van der Waals surface area contributed by atoms with Crippen LogP contribution in [0.4, 0.5) is 0 Å². The fourth-order valence-electron chi connectivity index (χ4n) is 2.78. The third kappa shape index (κ3) is 4.15. The van der Waals surface area contributed by atoms with Crippen molar-refractivity contribution in [1.82, 2.24) is 4.98 Å². The van der Waals surface area contributed by atoms with Gasteiger partial charge in [-0.3, -0.25) is 4.79 Å². The van der Waals surface area contributed by atoms with Gasteiger partial charge in [-0.25, -0.2) is 0 Å². The molecule has 0 bridgehead atoms. The number of nitriles is 1. The van der Waals surface area contributed by atoms with E-state index < -0.39 is 5.56 Å². The summed E-state index contributed by atoms with van der Waals surface area (Å²) >= 11 is 0. The van der Waals surface area contributed by atoms with E-state index in [1.165, 1.54) is 0 Å². The molecule has 0 unspecified atom stereocenters. The van der Waals surface area contributed by atoms with E-state index in [0.717, 1.165) is 17.5 Å². The molecule has 5 nitrogen and oxygen atoms in total. The molecule has 1 aromatic heterocycles.